The molecule has 1 rings (SSSR count). The van der Waals surface area contributed by atoms with E-state index in [-0.39, 0.29) is 24.0 Å². The summed E-state index contributed by atoms with van der Waals surface area (Å²) in [5, 5.41) is 3.37. The van der Waals surface area contributed by atoms with Crippen LogP contribution in [-0.2, 0) is 0 Å². The summed E-state index contributed by atoms with van der Waals surface area (Å²) < 4.78 is 0. The maximum absolute atomic E-state index is 4.26. The van der Waals surface area contributed by atoms with Crippen molar-refractivity contribution in [2.24, 2.45) is 4.99 Å². The van der Waals surface area contributed by atoms with Crippen molar-refractivity contribution in [1.29, 1.82) is 0 Å². The molecular weight excluding hydrogens is 309 g/mol. The third-order valence-corrected chi connectivity index (χ3v) is 2.82. The fraction of sp³-hybridized carbons (Fsp3) is 0.889. The minimum atomic E-state index is 0. The van der Waals surface area contributed by atoms with Gasteiger partial charge in [-0.05, 0) is 19.1 Å². The van der Waals surface area contributed by atoms with Crippen LogP contribution in [0.3, 0.4) is 0 Å². The number of aliphatic imine (C=N–C) groups is 1. The molecule has 0 unspecified atom stereocenters. The monoisotopic (exact) mass is 329 g/mol. The van der Waals surface area contributed by atoms with Crippen LogP contribution < -0.4 is 5.32 Å². The van der Waals surface area contributed by atoms with Gasteiger partial charge in [-0.2, -0.15) is 11.8 Å². The first-order chi connectivity index (χ1) is 6.38. The Kier molecular flexibility index (Phi) is 8.86. The number of nitrogens with one attached hydrogen (secondary N) is 1. The van der Waals surface area contributed by atoms with E-state index >= 15 is 0 Å². The van der Waals surface area contributed by atoms with Gasteiger partial charge in [0.15, 0.2) is 5.96 Å². The second-order valence-corrected chi connectivity index (χ2v) is 4.15. The minimum Gasteiger partial charge on any atom is -0.355 e. The quantitative estimate of drug-likeness (QED) is 0.369. The van der Waals surface area contributed by atoms with Crippen molar-refractivity contribution in [2.45, 2.75) is 12.8 Å². The molecule has 0 atom stereocenters. The number of hydrogen-bond acceptors (Lipinski definition) is 2. The second kappa shape index (κ2) is 8.64. The van der Waals surface area contributed by atoms with E-state index in [0.29, 0.717) is 0 Å². The van der Waals surface area contributed by atoms with E-state index in [1.54, 1.807) is 0 Å². The van der Waals surface area contributed by atoms with Crippen LogP contribution in [0.4, 0.5) is 0 Å². The molecule has 5 heteroatoms. The molecule has 0 aromatic carbocycles. The van der Waals surface area contributed by atoms with Gasteiger partial charge < -0.3 is 10.2 Å². The molecule has 1 aliphatic rings. The maximum Gasteiger partial charge on any atom is 0.193 e. The third-order valence-electron chi connectivity index (χ3n) is 2.21. The topological polar surface area (TPSA) is 27.6 Å². The molecule has 0 spiro atoms. The van der Waals surface area contributed by atoms with Gasteiger partial charge in [0, 0.05) is 32.4 Å². The van der Waals surface area contributed by atoms with Gasteiger partial charge in [-0.3, -0.25) is 4.99 Å². The average molecular weight is 329 g/mol. The number of halogens is 1. The molecule has 14 heavy (non-hydrogen) atoms. The Hall–Kier alpha value is 0.350. The predicted molar refractivity (Wildman–Crippen MR) is 76.0 cm³/mol. The standard InChI is InChI=1S/C9H19N3S.HI/c1-10-9(11-5-8-13-2)12-6-3-4-7-12;/h3-8H2,1-2H3,(H,10,11);1H. The first-order valence-corrected chi connectivity index (χ1v) is 6.22. The summed E-state index contributed by atoms with van der Waals surface area (Å²) in [4.78, 5) is 6.60. The molecule has 1 aliphatic heterocycles. The van der Waals surface area contributed by atoms with Gasteiger partial charge in [0.25, 0.3) is 0 Å². The van der Waals surface area contributed by atoms with Crippen molar-refractivity contribution in [2.75, 3.05) is 38.7 Å². The molecule has 1 heterocycles. The number of rotatable bonds is 3. The van der Waals surface area contributed by atoms with Gasteiger partial charge in [0.05, 0.1) is 0 Å². The second-order valence-electron chi connectivity index (χ2n) is 3.16. The Balaban J connectivity index is 0.00000169. The first kappa shape index (κ1) is 14.3. The van der Waals surface area contributed by atoms with E-state index in [1.807, 2.05) is 18.8 Å². The van der Waals surface area contributed by atoms with Crippen molar-refractivity contribution < 1.29 is 0 Å². The van der Waals surface area contributed by atoms with Gasteiger partial charge in [-0.25, -0.2) is 0 Å². The van der Waals surface area contributed by atoms with Crippen LogP contribution in [0.25, 0.3) is 0 Å². The number of nitrogens with zero attached hydrogens (tertiary/aromatic N) is 2. The Morgan fingerprint density at radius 3 is 2.57 bits per heavy atom. The lowest BCUT2D eigenvalue weighted by Crippen LogP contribution is -2.40. The molecule has 1 N–H and O–H groups in total. The number of hydrogen-bond donors (Lipinski definition) is 1. The van der Waals surface area contributed by atoms with Crippen LogP contribution in [0.15, 0.2) is 4.99 Å². The van der Waals surface area contributed by atoms with Crippen molar-refractivity contribution >= 4 is 41.7 Å². The molecule has 0 saturated carbocycles. The van der Waals surface area contributed by atoms with Gasteiger partial charge in [-0.1, -0.05) is 0 Å². The van der Waals surface area contributed by atoms with Crippen molar-refractivity contribution in [1.82, 2.24) is 10.2 Å². The Bertz CT molecular complexity index is 169. The van der Waals surface area contributed by atoms with Gasteiger partial charge in [0.2, 0.25) is 0 Å². The van der Waals surface area contributed by atoms with Crippen LogP contribution in [0.2, 0.25) is 0 Å². The fourth-order valence-corrected chi connectivity index (χ4v) is 1.83. The summed E-state index contributed by atoms with van der Waals surface area (Å²) in [6, 6.07) is 0. The van der Waals surface area contributed by atoms with Crippen LogP contribution in [0.1, 0.15) is 12.8 Å². The summed E-state index contributed by atoms with van der Waals surface area (Å²) in [5.74, 6) is 2.22. The zero-order valence-electron chi connectivity index (χ0n) is 8.95. The van der Waals surface area contributed by atoms with E-state index in [2.05, 4.69) is 21.5 Å². The van der Waals surface area contributed by atoms with E-state index in [4.69, 9.17) is 0 Å². The average Bonchev–Trinajstić information content (AvgIpc) is 2.65. The van der Waals surface area contributed by atoms with Crippen molar-refractivity contribution in [3.05, 3.63) is 0 Å². The lowest BCUT2D eigenvalue weighted by Gasteiger charge is -2.20. The molecule has 0 aromatic heterocycles. The maximum atomic E-state index is 4.26. The summed E-state index contributed by atoms with van der Waals surface area (Å²) in [7, 11) is 1.86. The zero-order valence-corrected chi connectivity index (χ0v) is 12.1. The molecule has 0 radical (unpaired) electrons. The van der Waals surface area contributed by atoms with Crippen LogP contribution in [0.5, 0.6) is 0 Å². The highest BCUT2D eigenvalue weighted by Crippen LogP contribution is 2.06. The van der Waals surface area contributed by atoms with Crippen LogP contribution >= 0.6 is 35.7 Å². The van der Waals surface area contributed by atoms with Crippen LogP contribution in [0, 0.1) is 0 Å². The molecule has 1 saturated heterocycles. The number of likely N-dealkylation sites (tertiary alicyclic amines) is 1. The summed E-state index contributed by atoms with van der Waals surface area (Å²) >= 11 is 1.86. The highest BCUT2D eigenvalue weighted by molar-refractivity contribution is 14.0. The lowest BCUT2D eigenvalue weighted by molar-refractivity contribution is 0.496. The van der Waals surface area contributed by atoms with E-state index in [0.717, 1.165) is 18.3 Å². The van der Waals surface area contributed by atoms with Crippen molar-refractivity contribution in [3.63, 3.8) is 0 Å². The van der Waals surface area contributed by atoms with Gasteiger partial charge in [-0.15, -0.1) is 24.0 Å². The molecule has 3 nitrogen and oxygen atoms in total. The zero-order chi connectivity index (χ0) is 9.52. The molecule has 84 valence electrons. The third kappa shape index (κ3) is 4.72. The molecule has 0 amide bonds. The van der Waals surface area contributed by atoms with Crippen molar-refractivity contribution in [3.8, 4) is 0 Å². The summed E-state index contributed by atoms with van der Waals surface area (Å²) in [5.41, 5.74) is 0. The molecule has 0 bridgehead atoms. The van der Waals surface area contributed by atoms with E-state index < -0.39 is 0 Å². The predicted octanol–water partition coefficient (Wildman–Crippen LogP) is 1.64. The smallest absolute Gasteiger partial charge is 0.193 e. The fourth-order valence-electron chi connectivity index (χ4n) is 1.53. The molecule has 1 fully saturated rings. The molecule has 0 aliphatic carbocycles. The SMILES string of the molecule is CN=C(NCCSC)N1CCCC1.I. The summed E-state index contributed by atoms with van der Waals surface area (Å²) in [6.07, 6.45) is 4.74. The Morgan fingerprint density at radius 2 is 2.07 bits per heavy atom. The number of thioether (sulfide) groups is 1. The van der Waals surface area contributed by atoms with Gasteiger partial charge in [0.1, 0.15) is 0 Å². The van der Waals surface area contributed by atoms with E-state index in [1.165, 1.54) is 25.9 Å². The highest BCUT2D eigenvalue weighted by atomic mass is 127. The lowest BCUT2D eigenvalue weighted by atomic mass is 10.4. The van der Waals surface area contributed by atoms with Crippen LogP contribution in [-0.4, -0.2) is 49.6 Å². The molecular formula is C9H20IN3S. The minimum absolute atomic E-state index is 0. The Labute approximate surface area is 108 Å². The van der Waals surface area contributed by atoms with E-state index in [9.17, 15) is 0 Å². The molecule has 0 aromatic rings. The first-order valence-electron chi connectivity index (χ1n) is 4.83. The highest BCUT2D eigenvalue weighted by Gasteiger charge is 2.14. The summed E-state index contributed by atoms with van der Waals surface area (Å²) in [6.45, 7) is 3.35. The largest absolute Gasteiger partial charge is 0.355 e. The Morgan fingerprint density at radius 1 is 1.43 bits per heavy atom. The number of guanidine groups is 1. The normalized spacial score (nSPS) is 16.7. The van der Waals surface area contributed by atoms with Gasteiger partial charge >= 0.3 is 0 Å².